The molecule has 0 fully saturated rings. The number of methoxy groups -OCH3 is 1. The van der Waals surface area contributed by atoms with E-state index >= 15 is 0 Å². The minimum atomic E-state index is -2.82. The second-order valence-electron chi connectivity index (χ2n) is 3.32. The smallest absolute Gasteiger partial charge is 0.310 e. The molecule has 0 aliphatic carbocycles. The van der Waals surface area contributed by atoms with Crippen molar-refractivity contribution in [2.75, 3.05) is 7.11 Å². The molecule has 0 unspecified atom stereocenters. The van der Waals surface area contributed by atoms with Gasteiger partial charge in [0.05, 0.1) is 19.1 Å². The highest BCUT2D eigenvalue weighted by atomic mass is 79.9. The second kappa shape index (κ2) is 6.40. The Morgan fingerprint density at radius 1 is 1.67 bits per heavy atom. The average Bonchev–Trinajstić information content (AvgIpc) is 2.37. The van der Waals surface area contributed by atoms with Crippen molar-refractivity contribution >= 4 is 21.9 Å². The molecule has 0 amide bonds. The number of nitrogens with zero attached hydrogens (tertiary/aromatic N) is 2. The Morgan fingerprint density at radius 2 is 2.33 bits per heavy atom. The lowest BCUT2D eigenvalue weighted by Gasteiger charge is -2.12. The van der Waals surface area contributed by atoms with Crippen LogP contribution in [-0.4, -0.2) is 18.1 Å². The monoisotopic (exact) mass is 318 g/mol. The van der Waals surface area contributed by atoms with E-state index in [1.165, 1.54) is 13.3 Å². The fourth-order valence-corrected chi connectivity index (χ4v) is 2.13. The largest absolute Gasteiger partial charge is 0.469 e. The van der Waals surface area contributed by atoms with Gasteiger partial charge in [0.25, 0.3) is 6.43 Å². The first-order valence-electron chi connectivity index (χ1n) is 4.86. The summed E-state index contributed by atoms with van der Waals surface area (Å²) in [5.41, 5.74) is -0.223. The van der Waals surface area contributed by atoms with E-state index in [1.54, 1.807) is 6.07 Å². The van der Waals surface area contributed by atoms with Crippen LogP contribution in [-0.2, 0) is 21.3 Å². The molecule has 0 bridgehead atoms. The molecule has 0 radical (unpaired) electrons. The molecule has 0 N–H and O–H groups in total. The summed E-state index contributed by atoms with van der Waals surface area (Å²) >= 11 is 3.08. The molecule has 0 aromatic carbocycles. The van der Waals surface area contributed by atoms with Gasteiger partial charge in [-0.1, -0.05) is 15.9 Å². The van der Waals surface area contributed by atoms with E-state index in [2.05, 4.69) is 25.7 Å². The van der Waals surface area contributed by atoms with Crippen LogP contribution in [0.2, 0.25) is 0 Å². The van der Waals surface area contributed by atoms with Crippen LogP contribution in [0.25, 0.3) is 0 Å². The van der Waals surface area contributed by atoms with E-state index < -0.39 is 18.0 Å². The number of hydrogen-bond donors (Lipinski definition) is 0. The average molecular weight is 319 g/mol. The predicted molar refractivity (Wildman–Crippen MR) is 62.3 cm³/mol. The molecule has 4 nitrogen and oxygen atoms in total. The van der Waals surface area contributed by atoms with Gasteiger partial charge in [-0.15, -0.1) is 0 Å². The Morgan fingerprint density at radius 3 is 2.78 bits per heavy atom. The Hall–Kier alpha value is -1.55. The van der Waals surface area contributed by atoms with Gasteiger partial charge < -0.3 is 4.74 Å². The van der Waals surface area contributed by atoms with Crippen molar-refractivity contribution < 1.29 is 18.3 Å². The summed E-state index contributed by atoms with van der Waals surface area (Å²) in [5, 5.41) is 8.86. The van der Waals surface area contributed by atoms with Crippen LogP contribution in [0.4, 0.5) is 8.78 Å². The Bertz CT molecular complexity index is 501. The fraction of sp³-hybridized carbons (Fsp3) is 0.364. The number of carbonyl (C=O) groups excluding carboxylic acids is 1. The van der Waals surface area contributed by atoms with E-state index in [0.717, 1.165) is 0 Å². The minimum Gasteiger partial charge on any atom is -0.469 e. The van der Waals surface area contributed by atoms with Crippen molar-refractivity contribution in [3.8, 4) is 6.07 Å². The van der Waals surface area contributed by atoms with Crippen LogP contribution in [0.15, 0.2) is 6.20 Å². The summed E-state index contributed by atoms with van der Waals surface area (Å²) in [7, 11) is 1.21. The Balaban J connectivity index is 3.34. The molecule has 0 saturated heterocycles. The molecule has 0 aliphatic heterocycles. The normalized spacial score (nSPS) is 10.2. The lowest BCUT2D eigenvalue weighted by molar-refractivity contribution is -0.139. The molecule has 1 heterocycles. The minimum absolute atomic E-state index is 0.107. The van der Waals surface area contributed by atoms with Gasteiger partial charge in [-0.05, 0) is 11.1 Å². The number of nitriles is 1. The van der Waals surface area contributed by atoms with Gasteiger partial charge in [-0.2, -0.15) is 5.26 Å². The van der Waals surface area contributed by atoms with Crippen molar-refractivity contribution in [2.24, 2.45) is 0 Å². The van der Waals surface area contributed by atoms with Crippen LogP contribution < -0.4 is 0 Å². The number of hydrogen-bond acceptors (Lipinski definition) is 4. The number of halogens is 3. The molecule has 1 rings (SSSR count). The molecule has 18 heavy (non-hydrogen) atoms. The Labute approximate surface area is 111 Å². The van der Waals surface area contributed by atoms with E-state index in [-0.39, 0.29) is 23.0 Å². The molecule has 1 aromatic rings. The van der Waals surface area contributed by atoms with E-state index in [9.17, 15) is 13.6 Å². The highest BCUT2D eigenvalue weighted by Gasteiger charge is 2.22. The van der Waals surface area contributed by atoms with Crippen LogP contribution in [0.3, 0.4) is 0 Å². The molecule has 7 heteroatoms. The van der Waals surface area contributed by atoms with Gasteiger partial charge in [-0.25, -0.2) is 13.8 Å². The summed E-state index contributed by atoms with van der Waals surface area (Å²) in [6.45, 7) is 0. The summed E-state index contributed by atoms with van der Waals surface area (Å²) < 4.78 is 30.3. The molecular formula is C11H9BrF2N2O2. The predicted octanol–water partition coefficient (Wildman–Crippen LogP) is 2.50. The maximum absolute atomic E-state index is 12.9. The second-order valence-corrected chi connectivity index (χ2v) is 3.88. The van der Waals surface area contributed by atoms with E-state index in [4.69, 9.17) is 5.26 Å². The van der Waals surface area contributed by atoms with E-state index in [1.807, 2.05) is 0 Å². The maximum atomic E-state index is 12.9. The highest BCUT2D eigenvalue weighted by Crippen LogP contribution is 2.29. The number of carbonyl (C=O) groups is 1. The van der Waals surface area contributed by atoms with Gasteiger partial charge in [0.2, 0.25) is 0 Å². The van der Waals surface area contributed by atoms with Crippen molar-refractivity contribution in [3.63, 3.8) is 0 Å². The van der Waals surface area contributed by atoms with Crippen LogP contribution in [0.5, 0.6) is 0 Å². The first-order valence-corrected chi connectivity index (χ1v) is 5.99. The topological polar surface area (TPSA) is 63.0 Å². The van der Waals surface area contributed by atoms with Crippen LogP contribution >= 0.6 is 15.9 Å². The van der Waals surface area contributed by atoms with Crippen molar-refractivity contribution in [2.45, 2.75) is 18.2 Å². The maximum Gasteiger partial charge on any atom is 0.310 e. The number of pyridine rings is 1. The van der Waals surface area contributed by atoms with E-state index in [0.29, 0.717) is 5.56 Å². The van der Waals surface area contributed by atoms with Crippen LogP contribution in [0, 0.1) is 11.3 Å². The lowest BCUT2D eigenvalue weighted by Crippen LogP contribution is -2.10. The van der Waals surface area contributed by atoms with Gasteiger partial charge >= 0.3 is 5.97 Å². The third-order valence-electron chi connectivity index (χ3n) is 2.34. The summed E-state index contributed by atoms with van der Waals surface area (Å²) in [6.07, 6.45) is -1.73. The standard InChI is InChI=1S/C11H9BrF2N2O2/c1-18-9(17)2-6-5-16-8(4-15)10(11(13)14)7(6)3-12/h5,11H,2-3H2,1H3. The zero-order valence-corrected chi connectivity index (χ0v) is 11.0. The number of aromatic nitrogens is 1. The Kier molecular flexibility index (Phi) is 5.16. The van der Waals surface area contributed by atoms with Gasteiger partial charge in [0.1, 0.15) is 11.8 Å². The van der Waals surface area contributed by atoms with Crippen molar-refractivity contribution in [3.05, 3.63) is 28.6 Å². The summed E-state index contributed by atoms with van der Waals surface area (Å²) in [5.74, 6) is -0.552. The lowest BCUT2D eigenvalue weighted by atomic mass is 10.0. The van der Waals surface area contributed by atoms with Crippen LogP contribution in [0.1, 0.15) is 28.8 Å². The fourth-order valence-electron chi connectivity index (χ4n) is 1.47. The van der Waals surface area contributed by atoms with Crippen molar-refractivity contribution in [1.82, 2.24) is 4.98 Å². The molecule has 1 aromatic heterocycles. The molecule has 0 atom stereocenters. The first kappa shape index (κ1) is 14.5. The third-order valence-corrected chi connectivity index (χ3v) is 2.90. The quantitative estimate of drug-likeness (QED) is 0.632. The molecule has 0 aliphatic rings. The number of ether oxygens (including phenoxy) is 1. The van der Waals surface area contributed by atoms with Crippen molar-refractivity contribution in [1.29, 1.82) is 5.26 Å². The molecule has 0 spiro atoms. The molecule has 0 saturated carbocycles. The van der Waals surface area contributed by atoms with Gasteiger partial charge in [0, 0.05) is 11.5 Å². The molecular weight excluding hydrogens is 310 g/mol. The first-order chi connectivity index (χ1) is 8.54. The highest BCUT2D eigenvalue weighted by molar-refractivity contribution is 9.08. The number of rotatable bonds is 4. The number of alkyl halides is 3. The third kappa shape index (κ3) is 3.01. The van der Waals surface area contributed by atoms with Gasteiger partial charge in [0.15, 0.2) is 0 Å². The molecule has 96 valence electrons. The number of esters is 1. The zero-order valence-electron chi connectivity index (χ0n) is 9.41. The zero-order chi connectivity index (χ0) is 13.7. The summed E-state index contributed by atoms with van der Waals surface area (Å²) in [6, 6.07) is 1.62. The summed E-state index contributed by atoms with van der Waals surface area (Å²) in [4.78, 5) is 14.8. The van der Waals surface area contributed by atoms with Gasteiger partial charge in [-0.3, -0.25) is 4.79 Å². The SMILES string of the molecule is COC(=O)Cc1cnc(C#N)c(C(F)F)c1CBr.